The molecule has 0 fully saturated rings. The fourth-order valence-electron chi connectivity index (χ4n) is 1.97. The molecule has 0 saturated heterocycles. The molecule has 2 rings (SSSR count). The van der Waals surface area contributed by atoms with Crippen LogP contribution in [0, 0.1) is 0 Å². The first-order valence-corrected chi connectivity index (χ1v) is 8.21. The molecule has 21 heavy (non-hydrogen) atoms. The molecule has 0 N–H and O–H groups in total. The summed E-state index contributed by atoms with van der Waals surface area (Å²) in [7, 11) is 1.72. The largest absolute Gasteiger partial charge is 0.310 e. The van der Waals surface area contributed by atoms with Crippen LogP contribution < -0.4 is 4.90 Å². The Morgan fingerprint density at radius 2 is 2.33 bits per heavy atom. The van der Waals surface area contributed by atoms with Crippen molar-refractivity contribution in [3.8, 4) is 5.69 Å². The number of carbonyl (C=O) groups is 1. The van der Waals surface area contributed by atoms with Gasteiger partial charge in [-0.05, 0) is 24.8 Å². The predicted octanol–water partition coefficient (Wildman–Crippen LogP) is 3.03. The minimum Gasteiger partial charge on any atom is -0.310 e. The molecule has 1 unspecified atom stereocenters. The van der Waals surface area contributed by atoms with Gasteiger partial charge in [0.2, 0.25) is 5.91 Å². The van der Waals surface area contributed by atoms with Gasteiger partial charge in [-0.3, -0.25) is 9.78 Å². The number of aromatic nitrogens is 3. The summed E-state index contributed by atoms with van der Waals surface area (Å²) < 4.78 is 1.62. The third-order valence-electron chi connectivity index (χ3n) is 3.18. The number of anilines is 1. The Labute approximate surface area is 133 Å². The van der Waals surface area contributed by atoms with Gasteiger partial charge >= 0.3 is 0 Å². The summed E-state index contributed by atoms with van der Waals surface area (Å²) in [6.45, 7) is 1.99. The maximum atomic E-state index is 12.4. The minimum absolute atomic E-state index is 0.0256. The van der Waals surface area contributed by atoms with Gasteiger partial charge in [-0.25, -0.2) is 4.68 Å². The average Bonchev–Trinajstić information content (AvgIpc) is 2.90. The van der Waals surface area contributed by atoms with Gasteiger partial charge < -0.3 is 4.90 Å². The summed E-state index contributed by atoms with van der Waals surface area (Å²) in [5.74, 6) is 0.0256. The van der Waals surface area contributed by atoms with Crippen molar-refractivity contribution in [3.05, 3.63) is 35.9 Å². The van der Waals surface area contributed by atoms with Crippen molar-refractivity contribution in [1.82, 2.24) is 14.8 Å². The second-order valence-electron chi connectivity index (χ2n) is 4.49. The molecule has 0 aliphatic carbocycles. The number of carbonyl (C=O) groups excluding carboxylic acids is 1. The van der Waals surface area contributed by atoms with Crippen LogP contribution in [0.1, 0.15) is 13.3 Å². The van der Waals surface area contributed by atoms with E-state index in [4.69, 9.17) is 11.6 Å². The first-order valence-electron chi connectivity index (χ1n) is 6.54. The van der Waals surface area contributed by atoms with Gasteiger partial charge in [0.15, 0.2) is 5.15 Å². The molecule has 0 aliphatic heterocycles. The van der Waals surface area contributed by atoms with Crippen molar-refractivity contribution < 1.29 is 4.79 Å². The smallest absolute Gasteiger partial charge is 0.239 e. The maximum Gasteiger partial charge on any atom is 0.239 e. The second-order valence-corrected chi connectivity index (χ2v) is 5.89. The van der Waals surface area contributed by atoms with Gasteiger partial charge in [0.1, 0.15) is 5.69 Å². The Kier molecular flexibility index (Phi) is 5.25. The summed E-state index contributed by atoms with van der Waals surface area (Å²) in [6, 6.07) is 3.69. The molecule has 1 atom stereocenters. The molecular weight excluding hydrogens is 308 g/mol. The number of halogens is 1. The van der Waals surface area contributed by atoms with Crippen molar-refractivity contribution >= 4 is 35.0 Å². The van der Waals surface area contributed by atoms with E-state index in [0.717, 1.165) is 12.1 Å². The molecule has 0 spiro atoms. The molecule has 2 aromatic heterocycles. The van der Waals surface area contributed by atoms with Crippen LogP contribution in [0.3, 0.4) is 0 Å². The predicted molar refractivity (Wildman–Crippen MR) is 87.4 cm³/mol. The van der Waals surface area contributed by atoms with Crippen molar-refractivity contribution in [2.75, 3.05) is 18.2 Å². The molecule has 7 heteroatoms. The Hall–Kier alpha value is -1.53. The molecule has 0 aromatic carbocycles. The van der Waals surface area contributed by atoms with Gasteiger partial charge in [-0.15, -0.1) is 0 Å². The molecule has 112 valence electrons. The van der Waals surface area contributed by atoms with E-state index in [1.165, 1.54) is 11.8 Å². The first-order chi connectivity index (χ1) is 10.1. The topological polar surface area (TPSA) is 51.0 Å². The highest BCUT2D eigenvalue weighted by Crippen LogP contribution is 2.27. The zero-order valence-electron chi connectivity index (χ0n) is 12.2. The summed E-state index contributed by atoms with van der Waals surface area (Å²) in [5.41, 5.74) is 1.39. The van der Waals surface area contributed by atoms with Crippen LogP contribution in [-0.2, 0) is 4.79 Å². The van der Waals surface area contributed by atoms with E-state index in [2.05, 4.69) is 10.1 Å². The van der Waals surface area contributed by atoms with E-state index in [0.29, 0.717) is 10.8 Å². The second kappa shape index (κ2) is 6.95. The van der Waals surface area contributed by atoms with Gasteiger partial charge in [0, 0.05) is 13.2 Å². The van der Waals surface area contributed by atoms with E-state index in [1.54, 1.807) is 35.2 Å². The zero-order chi connectivity index (χ0) is 15.4. The van der Waals surface area contributed by atoms with Gasteiger partial charge in [-0.1, -0.05) is 18.5 Å². The molecule has 0 radical (unpaired) electrons. The molecule has 1 amide bonds. The fraction of sp³-hybridized carbons (Fsp3) is 0.357. The molecule has 0 aliphatic rings. The van der Waals surface area contributed by atoms with Crippen LogP contribution in [0.5, 0.6) is 0 Å². The highest BCUT2D eigenvalue weighted by molar-refractivity contribution is 7.99. The lowest BCUT2D eigenvalue weighted by atomic mass is 10.3. The number of hydrogen-bond acceptors (Lipinski definition) is 4. The Morgan fingerprint density at radius 1 is 1.57 bits per heavy atom. The first kappa shape index (κ1) is 15.9. The normalized spacial score (nSPS) is 12.2. The van der Waals surface area contributed by atoms with Crippen LogP contribution in [0.2, 0.25) is 5.15 Å². The van der Waals surface area contributed by atoms with Gasteiger partial charge in [-0.2, -0.15) is 16.9 Å². The van der Waals surface area contributed by atoms with Crippen LogP contribution in [-0.4, -0.2) is 39.2 Å². The van der Waals surface area contributed by atoms with Crippen LogP contribution in [0.4, 0.5) is 5.69 Å². The zero-order valence-corrected chi connectivity index (χ0v) is 13.7. The van der Waals surface area contributed by atoms with Crippen LogP contribution >= 0.6 is 23.4 Å². The molecule has 2 heterocycles. The molecule has 0 saturated carbocycles. The molecule has 5 nitrogen and oxygen atoms in total. The summed E-state index contributed by atoms with van der Waals surface area (Å²) in [6.07, 6.45) is 7.82. The van der Waals surface area contributed by atoms with Crippen molar-refractivity contribution in [2.24, 2.45) is 0 Å². The monoisotopic (exact) mass is 324 g/mol. The Morgan fingerprint density at radius 3 is 2.90 bits per heavy atom. The highest BCUT2D eigenvalue weighted by atomic mass is 35.5. The van der Waals surface area contributed by atoms with E-state index in [-0.39, 0.29) is 11.2 Å². The van der Waals surface area contributed by atoms with E-state index < -0.39 is 0 Å². The Balaban J connectivity index is 2.29. The van der Waals surface area contributed by atoms with E-state index in [9.17, 15) is 4.79 Å². The lowest BCUT2D eigenvalue weighted by Gasteiger charge is -2.20. The van der Waals surface area contributed by atoms with Crippen molar-refractivity contribution in [3.63, 3.8) is 0 Å². The number of thioether (sulfide) groups is 1. The molecule has 2 aromatic rings. The molecular formula is C14H17ClN4OS. The van der Waals surface area contributed by atoms with E-state index >= 15 is 0 Å². The quantitative estimate of drug-likeness (QED) is 0.848. The van der Waals surface area contributed by atoms with Crippen LogP contribution in [0.25, 0.3) is 5.69 Å². The lowest BCUT2D eigenvalue weighted by Crippen LogP contribution is -2.34. The van der Waals surface area contributed by atoms with E-state index in [1.807, 2.05) is 25.3 Å². The number of pyridine rings is 1. The number of amides is 1. The van der Waals surface area contributed by atoms with Gasteiger partial charge in [0.25, 0.3) is 0 Å². The third kappa shape index (κ3) is 3.39. The van der Waals surface area contributed by atoms with Crippen molar-refractivity contribution in [2.45, 2.75) is 18.6 Å². The average molecular weight is 325 g/mol. The van der Waals surface area contributed by atoms with Gasteiger partial charge in [0.05, 0.1) is 23.3 Å². The molecule has 0 bridgehead atoms. The number of hydrogen-bond donors (Lipinski definition) is 0. The minimum atomic E-state index is -0.0761. The summed E-state index contributed by atoms with van der Waals surface area (Å²) in [4.78, 5) is 18.0. The summed E-state index contributed by atoms with van der Waals surface area (Å²) in [5, 5.41) is 4.46. The maximum absolute atomic E-state index is 12.4. The highest BCUT2D eigenvalue weighted by Gasteiger charge is 2.23. The number of rotatable bonds is 5. The Bertz CT molecular complexity index is 613. The van der Waals surface area contributed by atoms with Crippen LogP contribution in [0.15, 0.2) is 30.7 Å². The standard InChI is InChI=1S/C14H17ClN4OS/c1-4-12(21-3)14(20)18(2)11-9-19(17-13(11)15)10-6-5-7-16-8-10/h5-9,12H,4H2,1-3H3. The summed E-state index contributed by atoms with van der Waals surface area (Å²) >= 11 is 7.71. The fourth-order valence-corrected chi connectivity index (χ4v) is 2.92. The SMILES string of the molecule is CCC(SC)C(=O)N(C)c1cn(-c2cccnc2)nc1Cl. The number of nitrogens with zero attached hydrogens (tertiary/aromatic N) is 4. The van der Waals surface area contributed by atoms with Crippen molar-refractivity contribution in [1.29, 1.82) is 0 Å². The lowest BCUT2D eigenvalue weighted by molar-refractivity contribution is -0.117. The third-order valence-corrected chi connectivity index (χ3v) is 4.56.